The van der Waals surface area contributed by atoms with Crippen molar-refractivity contribution in [1.29, 1.82) is 0 Å². The number of benzene rings is 1. The zero-order chi connectivity index (χ0) is 30.2. The van der Waals surface area contributed by atoms with Crippen LogP contribution in [0.4, 0.5) is 16.0 Å². The summed E-state index contributed by atoms with van der Waals surface area (Å²) in [4.78, 5) is 38.7. The summed E-state index contributed by atoms with van der Waals surface area (Å²) in [7, 11) is 1.66. The second-order valence-electron chi connectivity index (χ2n) is 10.3. The molecular formula is C27H31FN10O4S. The summed E-state index contributed by atoms with van der Waals surface area (Å²) < 4.78 is 36.1. The first-order chi connectivity index (χ1) is 20.7. The number of furan rings is 1. The number of imidazole rings is 1. The first-order valence-electron chi connectivity index (χ1n) is 13.7. The molecule has 5 aromatic rings. The molecule has 43 heavy (non-hydrogen) atoms. The summed E-state index contributed by atoms with van der Waals surface area (Å²) in [5.74, 6) is 0.385. The molecular weight excluding hydrogens is 579 g/mol. The van der Waals surface area contributed by atoms with Crippen molar-refractivity contribution in [2.24, 2.45) is 7.05 Å². The van der Waals surface area contributed by atoms with Crippen LogP contribution in [0, 0.1) is 5.82 Å². The Labute approximate surface area is 248 Å². The van der Waals surface area contributed by atoms with Gasteiger partial charge in [0.05, 0.1) is 24.8 Å². The Balaban J connectivity index is 1.12. The summed E-state index contributed by atoms with van der Waals surface area (Å²) in [5.41, 5.74) is 7.96. The molecule has 0 radical (unpaired) electrons. The van der Waals surface area contributed by atoms with Gasteiger partial charge in [-0.3, -0.25) is 18.8 Å². The van der Waals surface area contributed by atoms with Gasteiger partial charge in [0.15, 0.2) is 17.1 Å². The van der Waals surface area contributed by atoms with Crippen LogP contribution in [0.1, 0.15) is 10.4 Å². The normalized spacial score (nSPS) is 15.0. The Hall–Kier alpha value is -4.41. The van der Waals surface area contributed by atoms with E-state index in [-0.39, 0.29) is 23.7 Å². The van der Waals surface area contributed by atoms with Gasteiger partial charge in [0.25, 0.3) is 5.91 Å². The van der Waals surface area contributed by atoms with E-state index in [0.717, 1.165) is 0 Å². The maximum absolute atomic E-state index is 15.0. The quantitative estimate of drug-likeness (QED) is 0.227. The number of fused-ring (bicyclic) bond motifs is 3. The summed E-state index contributed by atoms with van der Waals surface area (Å²) in [6, 6.07) is 7.92. The van der Waals surface area contributed by atoms with Crippen LogP contribution >= 0.6 is 0 Å². The van der Waals surface area contributed by atoms with Crippen molar-refractivity contribution in [2.45, 2.75) is 6.54 Å². The van der Waals surface area contributed by atoms with Gasteiger partial charge in [-0.15, -0.1) is 5.10 Å². The summed E-state index contributed by atoms with van der Waals surface area (Å²) in [5, 5.41) is 7.06. The van der Waals surface area contributed by atoms with E-state index in [2.05, 4.69) is 25.3 Å². The van der Waals surface area contributed by atoms with Crippen LogP contribution < -0.4 is 21.6 Å². The lowest BCUT2D eigenvalue weighted by molar-refractivity contribution is 0.0955. The predicted octanol–water partition coefficient (Wildman–Crippen LogP) is 0.690. The van der Waals surface area contributed by atoms with Gasteiger partial charge in [-0.25, -0.2) is 14.2 Å². The number of hydrogen-bond acceptors (Lipinski definition) is 10. The van der Waals surface area contributed by atoms with E-state index in [0.29, 0.717) is 79.1 Å². The van der Waals surface area contributed by atoms with Gasteiger partial charge in [0.1, 0.15) is 17.1 Å². The van der Waals surface area contributed by atoms with Crippen molar-refractivity contribution >= 4 is 45.5 Å². The third-order valence-corrected chi connectivity index (χ3v) is 8.34. The molecule has 1 aliphatic rings. The molecule has 1 aromatic carbocycles. The number of hydrogen-bond donors (Lipinski definition) is 2. The lowest BCUT2D eigenvalue weighted by Gasteiger charge is -2.36. The topological polar surface area (TPSA) is 168 Å². The molecule has 0 bridgehead atoms. The first-order valence-corrected chi connectivity index (χ1v) is 15.4. The summed E-state index contributed by atoms with van der Waals surface area (Å²) in [6.07, 6.45) is 3.09. The highest BCUT2D eigenvalue weighted by atomic mass is 32.2. The lowest BCUT2D eigenvalue weighted by Crippen LogP contribution is -2.47. The maximum atomic E-state index is 15.0. The second kappa shape index (κ2) is 11.7. The number of carbonyl (C=O) groups excluding carboxylic acids is 1. The minimum Gasteiger partial charge on any atom is -0.617 e. The average Bonchev–Trinajstić information content (AvgIpc) is 3.72. The number of anilines is 2. The Morgan fingerprint density at radius 1 is 1.16 bits per heavy atom. The third kappa shape index (κ3) is 5.55. The molecule has 0 saturated carbocycles. The van der Waals surface area contributed by atoms with Crippen LogP contribution in [0.25, 0.3) is 28.4 Å². The molecule has 4 aromatic heterocycles. The summed E-state index contributed by atoms with van der Waals surface area (Å²) in [6.45, 7) is 3.69. The molecule has 1 amide bonds. The van der Waals surface area contributed by atoms with Crippen molar-refractivity contribution in [3.63, 3.8) is 0 Å². The molecule has 1 atom stereocenters. The van der Waals surface area contributed by atoms with E-state index in [9.17, 15) is 18.5 Å². The number of carbonyl (C=O) groups is 1. The zero-order valence-corrected chi connectivity index (χ0v) is 24.5. The minimum absolute atomic E-state index is 0.101. The number of amides is 1. The number of aromatic nitrogens is 6. The molecule has 0 spiro atoms. The molecule has 6 rings (SSSR count). The van der Waals surface area contributed by atoms with Gasteiger partial charge in [0, 0.05) is 51.9 Å². The highest BCUT2D eigenvalue weighted by Crippen LogP contribution is 2.24. The summed E-state index contributed by atoms with van der Waals surface area (Å²) >= 11 is -1.02. The largest absolute Gasteiger partial charge is 0.617 e. The molecule has 1 fully saturated rings. The lowest BCUT2D eigenvalue weighted by atomic mass is 10.1. The number of rotatable bonds is 9. The molecule has 5 heterocycles. The molecule has 1 saturated heterocycles. The molecule has 3 N–H and O–H groups in total. The SMILES string of the molecule is Cn1c(=O)n(CCN2CCN(c3ccc(C(=O)NCC[S@+](C)[O-])cc3F)CC2)c2nc(N)n3nc(-c4ccco4)nc3c21. The molecule has 0 unspecified atom stereocenters. The molecule has 1 aliphatic heterocycles. The third-order valence-electron chi connectivity index (χ3n) is 7.56. The average molecular weight is 611 g/mol. The van der Waals surface area contributed by atoms with E-state index in [1.54, 1.807) is 42.1 Å². The highest BCUT2D eigenvalue weighted by molar-refractivity contribution is 7.90. The van der Waals surface area contributed by atoms with E-state index < -0.39 is 22.9 Å². The van der Waals surface area contributed by atoms with Crippen molar-refractivity contribution in [3.8, 4) is 11.6 Å². The standard InChI is InChI=1S/C27H31FN10O4S/c1-34-21-23(32-26(29)38-24(21)31-22(33-38)20-4-3-14-42-20)37(27(34)40)13-10-35-8-11-36(12-9-35)19-6-5-17(16-18(19)28)25(39)30-7-15-43(2)41/h3-6,14,16H,7-13,15H2,1-2H3,(H2,29,32)(H,30,39)/t43-/m0/s1. The van der Waals surface area contributed by atoms with Crippen molar-refractivity contribution in [1.82, 2.24) is 38.9 Å². The number of nitrogens with zero attached hydrogens (tertiary/aromatic N) is 8. The van der Waals surface area contributed by atoms with Crippen LogP contribution in [0.2, 0.25) is 0 Å². The van der Waals surface area contributed by atoms with Gasteiger partial charge in [0.2, 0.25) is 11.8 Å². The first kappa shape index (κ1) is 28.7. The number of aryl methyl sites for hydroxylation is 1. The fourth-order valence-electron chi connectivity index (χ4n) is 5.27. The molecule has 226 valence electrons. The number of nitrogens with one attached hydrogen (secondary N) is 1. The molecule has 16 heteroatoms. The monoisotopic (exact) mass is 610 g/mol. The van der Waals surface area contributed by atoms with Crippen molar-refractivity contribution < 1.29 is 18.2 Å². The van der Waals surface area contributed by atoms with E-state index >= 15 is 0 Å². The van der Waals surface area contributed by atoms with Gasteiger partial charge in [-0.05, 0) is 30.3 Å². The highest BCUT2D eigenvalue weighted by Gasteiger charge is 2.24. The van der Waals surface area contributed by atoms with Gasteiger partial charge in [-0.1, -0.05) is 11.2 Å². The van der Waals surface area contributed by atoms with Crippen LogP contribution in [-0.2, 0) is 24.8 Å². The number of nitrogen functional groups attached to an aromatic ring is 1. The fourth-order valence-corrected chi connectivity index (χ4v) is 5.66. The second-order valence-corrected chi connectivity index (χ2v) is 11.9. The van der Waals surface area contributed by atoms with E-state index in [1.165, 1.54) is 21.4 Å². The predicted molar refractivity (Wildman–Crippen MR) is 160 cm³/mol. The zero-order valence-electron chi connectivity index (χ0n) is 23.7. The maximum Gasteiger partial charge on any atom is 0.330 e. The van der Waals surface area contributed by atoms with Crippen LogP contribution in [0.5, 0.6) is 0 Å². The van der Waals surface area contributed by atoms with Gasteiger partial charge >= 0.3 is 5.69 Å². The fraction of sp³-hybridized carbons (Fsp3) is 0.370. The minimum atomic E-state index is -1.02. The van der Waals surface area contributed by atoms with Crippen molar-refractivity contribution in [3.05, 3.63) is 58.5 Å². The Morgan fingerprint density at radius 2 is 1.95 bits per heavy atom. The van der Waals surface area contributed by atoms with E-state index in [1.807, 2.05) is 4.90 Å². The smallest absolute Gasteiger partial charge is 0.330 e. The van der Waals surface area contributed by atoms with Crippen LogP contribution in [0.3, 0.4) is 0 Å². The molecule has 14 nitrogen and oxygen atoms in total. The number of halogens is 1. The van der Waals surface area contributed by atoms with Crippen molar-refractivity contribution in [2.75, 3.05) is 61.9 Å². The molecule has 0 aliphatic carbocycles. The number of nitrogens with two attached hydrogens (primary N) is 1. The van der Waals surface area contributed by atoms with Gasteiger partial charge < -0.3 is 24.9 Å². The van der Waals surface area contributed by atoms with Crippen LogP contribution in [0.15, 0.2) is 45.8 Å². The Morgan fingerprint density at radius 3 is 2.65 bits per heavy atom. The number of piperazine rings is 1. The van der Waals surface area contributed by atoms with Gasteiger partial charge in [-0.2, -0.15) is 9.50 Å². The van der Waals surface area contributed by atoms with E-state index in [4.69, 9.17) is 10.2 Å². The Bertz CT molecular complexity index is 1840. The van der Waals surface area contributed by atoms with Crippen LogP contribution in [-0.4, -0.2) is 95.4 Å². The Kier molecular flexibility index (Phi) is 7.81.